The predicted octanol–water partition coefficient (Wildman–Crippen LogP) is 2.67. The van der Waals surface area contributed by atoms with Crippen molar-refractivity contribution >= 4 is 45.2 Å². The minimum Gasteiger partial charge on any atom is -0.307 e. The highest BCUT2D eigenvalue weighted by molar-refractivity contribution is 9.09. The van der Waals surface area contributed by atoms with E-state index in [1.165, 1.54) is 0 Å². The lowest BCUT2D eigenvalue weighted by Gasteiger charge is -2.12. The zero-order valence-corrected chi connectivity index (χ0v) is 12.5. The summed E-state index contributed by atoms with van der Waals surface area (Å²) in [6.07, 6.45) is 0.763. The molecule has 1 saturated carbocycles. The molecule has 1 aromatic rings. The summed E-state index contributed by atoms with van der Waals surface area (Å²) in [5.41, 5.74) is 4.85. The van der Waals surface area contributed by atoms with Gasteiger partial charge in [-0.2, -0.15) is 0 Å². The van der Waals surface area contributed by atoms with Crippen molar-refractivity contribution < 1.29 is 9.59 Å². The number of urea groups is 1. The summed E-state index contributed by atoms with van der Waals surface area (Å²) in [7, 11) is 0. The molecule has 3 amide bonds. The Balaban J connectivity index is 1.79. The maximum absolute atomic E-state index is 11.7. The third kappa shape index (κ3) is 3.39. The van der Waals surface area contributed by atoms with Crippen LogP contribution in [0, 0.1) is 5.41 Å². The number of rotatable bonds is 2. The van der Waals surface area contributed by atoms with E-state index in [1.54, 1.807) is 24.3 Å². The van der Waals surface area contributed by atoms with Crippen molar-refractivity contribution in [3.63, 3.8) is 0 Å². The summed E-state index contributed by atoms with van der Waals surface area (Å²) in [5, 5.41) is 3.16. The van der Waals surface area contributed by atoms with Crippen molar-refractivity contribution in [1.82, 2.24) is 10.9 Å². The summed E-state index contributed by atoms with van der Waals surface area (Å²) in [5.74, 6) is -0.208. The van der Waals surface area contributed by atoms with E-state index in [9.17, 15) is 9.59 Å². The molecule has 0 spiro atoms. The molecule has 5 nitrogen and oxygen atoms in total. The number of benzene rings is 1. The first-order valence-electron chi connectivity index (χ1n) is 5.69. The molecule has 1 aliphatic carbocycles. The largest absolute Gasteiger partial charge is 0.337 e. The number of anilines is 1. The number of hydrazine groups is 1. The molecule has 102 valence electrons. The highest BCUT2D eigenvalue weighted by atomic mass is 79.9. The van der Waals surface area contributed by atoms with Crippen LogP contribution in [0.3, 0.4) is 0 Å². The molecule has 0 aliphatic heterocycles. The van der Waals surface area contributed by atoms with Crippen LogP contribution in [0.1, 0.15) is 13.3 Å². The molecule has 0 aromatic heterocycles. The third-order valence-corrected chi connectivity index (χ3v) is 4.63. The van der Waals surface area contributed by atoms with Gasteiger partial charge in [0.05, 0.1) is 5.41 Å². The molecule has 7 heteroatoms. The average molecular weight is 347 g/mol. The molecule has 3 N–H and O–H groups in total. The third-order valence-electron chi connectivity index (χ3n) is 3.04. The van der Waals surface area contributed by atoms with Crippen LogP contribution in [0.4, 0.5) is 10.5 Å². The van der Waals surface area contributed by atoms with Crippen molar-refractivity contribution in [3.8, 4) is 0 Å². The lowest BCUT2D eigenvalue weighted by molar-refractivity contribution is -0.126. The smallest absolute Gasteiger partial charge is 0.307 e. The summed E-state index contributed by atoms with van der Waals surface area (Å²) in [6, 6.07) is 6.15. The Hall–Kier alpha value is -1.27. The second-order valence-corrected chi connectivity index (χ2v) is 6.17. The first-order valence-corrected chi connectivity index (χ1v) is 6.98. The normalized spacial score (nSPS) is 24.5. The van der Waals surface area contributed by atoms with E-state index in [4.69, 9.17) is 11.6 Å². The average Bonchev–Trinajstić information content (AvgIpc) is 2.99. The molecule has 2 atom stereocenters. The van der Waals surface area contributed by atoms with Crippen LogP contribution in [-0.4, -0.2) is 16.8 Å². The lowest BCUT2D eigenvalue weighted by Crippen LogP contribution is -2.46. The molecule has 0 unspecified atom stereocenters. The Bertz CT molecular complexity index is 508. The van der Waals surface area contributed by atoms with Gasteiger partial charge in [-0.3, -0.25) is 10.2 Å². The fraction of sp³-hybridized carbons (Fsp3) is 0.333. The van der Waals surface area contributed by atoms with Crippen molar-refractivity contribution in [2.45, 2.75) is 18.2 Å². The van der Waals surface area contributed by atoms with E-state index in [0.717, 1.165) is 6.42 Å². The van der Waals surface area contributed by atoms with Gasteiger partial charge in [0.25, 0.3) is 0 Å². The molecule has 0 heterocycles. The molecule has 1 aliphatic rings. The molecule has 0 radical (unpaired) electrons. The summed E-state index contributed by atoms with van der Waals surface area (Å²) in [4.78, 5) is 23.5. The second kappa shape index (κ2) is 5.38. The van der Waals surface area contributed by atoms with Crippen LogP contribution in [0.5, 0.6) is 0 Å². The van der Waals surface area contributed by atoms with E-state index in [-0.39, 0.29) is 10.7 Å². The highest BCUT2D eigenvalue weighted by Gasteiger charge is 2.54. The molecular weight excluding hydrogens is 334 g/mol. The minimum atomic E-state index is -0.508. The number of halogens is 2. The number of carbonyl (C=O) groups excluding carboxylic acids is 2. The van der Waals surface area contributed by atoms with Crippen molar-refractivity contribution in [1.29, 1.82) is 0 Å². The maximum Gasteiger partial charge on any atom is 0.337 e. The van der Waals surface area contributed by atoms with Crippen LogP contribution in [0.25, 0.3) is 0 Å². The maximum atomic E-state index is 11.7. The van der Waals surface area contributed by atoms with Crippen LogP contribution in [0.15, 0.2) is 24.3 Å². The number of hydrogen-bond acceptors (Lipinski definition) is 2. The number of nitrogens with one attached hydrogen (secondary N) is 3. The zero-order chi connectivity index (χ0) is 14.0. The molecule has 0 saturated heterocycles. The number of amides is 3. The Morgan fingerprint density at radius 2 is 1.89 bits per heavy atom. The molecule has 19 heavy (non-hydrogen) atoms. The Kier molecular flexibility index (Phi) is 4.01. The zero-order valence-electron chi connectivity index (χ0n) is 10.2. The monoisotopic (exact) mass is 345 g/mol. The van der Waals surface area contributed by atoms with Gasteiger partial charge in [-0.05, 0) is 37.6 Å². The lowest BCUT2D eigenvalue weighted by atomic mass is 10.1. The van der Waals surface area contributed by atoms with Gasteiger partial charge in [0, 0.05) is 15.5 Å². The van der Waals surface area contributed by atoms with Crippen LogP contribution >= 0.6 is 27.5 Å². The van der Waals surface area contributed by atoms with Gasteiger partial charge >= 0.3 is 6.03 Å². The first-order chi connectivity index (χ1) is 8.91. The Labute approximate surface area is 124 Å². The van der Waals surface area contributed by atoms with E-state index in [2.05, 4.69) is 32.1 Å². The molecular formula is C12H13BrClN3O2. The van der Waals surface area contributed by atoms with Gasteiger partial charge in [0.15, 0.2) is 0 Å². The Morgan fingerprint density at radius 3 is 2.42 bits per heavy atom. The molecule has 1 fully saturated rings. The van der Waals surface area contributed by atoms with Crippen LogP contribution in [-0.2, 0) is 4.79 Å². The van der Waals surface area contributed by atoms with Gasteiger partial charge in [-0.1, -0.05) is 27.5 Å². The van der Waals surface area contributed by atoms with E-state index < -0.39 is 11.4 Å². The summed E-state index contributed by atoms with van der Waals surface area (Å²) in [6.45, 7) is 1.83. The predicted molar refractivity (Wildman–Crippen MR) is 77.2 cm³/mol. The van der Waals surface area contributed by atoms with Crippen molar-refractivity contribution in [2.24, 2.45) is 5.41 Å². The number of carbonyl (C=O) groups is 2. The number of alkyl halides is 1. The van der Waals surface area contributed by atoms with Crippen molar-refractivity contribution in [3.05, 3.63) is 29.3 Å². The van der Waals surface area contributed by atoms with E-state index >= 15 is 0 Å². The standard InChI is InChI=1S/C12H13BrClN3O2/c1-12(6-9(12)13)10(18)16-17-11(19)15-8-4-2-7(14)3-5-8/h2-5,9H,6H2,1H3,(H,16,18)(H2,15,17,19)/t9-,12-/m0/s1. The van der Waals surface area contributed by atoms with Gasteiger partial charge in [-0.15, -0.1) is 0 Å². The van der Waals surface area contributed by atoms with Crippen LogP contribution in [0.2, 0.25) is 5.02 Å². The summed E-state index contributed by atoms with van der Waals surface area (Å²) < 4.78 is 0. The highest BCUT2D eigenvalue weighted by Crippen LogP contribution is 2.51. The van der Waals surface area contributed by atoms with Gasteiger partial charge in [0.1, 0.15) is 0 Å². The molecule has 2 rings (SSSR count). The SMILES string of the molecule is C[C@]1(C(=O)NNC(=O)Nc2ccc(Cl)cc2)C[C@@H]1Br. The Morgan fingerprint density at radius 1 is 1.32 bits per heavy atom. The van der Waals surface area contributed by atoms with Crippen molar-refractivity contribution in [2.75, 3.05) is 5.32 Å². The second-order valence-electron chi connectivity index (χ2n) is 4.63. The first kappa shape index (κ1) is 14.1. The quantitative estimate of drug-likeness (QED) is 0.569. The van der Waals surface area contributed by atoms with E-state index in [0.29, 0.717) is 10.7 Å². The van der Waals surface area contributed by atoms with Gasteiger partial charge in [0.2, 0.25) is 5.91 Å². The number of hydrogen-bond donors (Lipinski definition) is 3. The van der Waals surface area contributed by atoms with Crippen LogP contribution < -0.4 is 16.2 Å². The van der Waals surface area contributed by atoms with Gasteiger partial charge in [-0.25, -0.2) is 10.2 Å². The van der Waals surface area contributed by atoms with E-state index in [1.807, 2.05) is 6.92 Å². The topological polar surface area (TPSA) is 70.2 Å². The molecule has 0 bridgehead atoms. The summed E-state index contributed by atoms with van der Waals surface area (Å²) >= 11 is 9.10. The molecule has 1 aromatic carbocycles. The minimum absolute atomic E-state index is 0.168. The van der Waals surface area contributed by atoms with Gasteiger partial charge < -0.3 is 5.32 Å². The fourth-order valence-corrected chi connectivity index (χ4v) is 2.51. The fourth-order valence-electron chi connectivity index (χ4n) is 1.50.